The average molecular weight is 239 g/mol. The van der Waals surface area contributed by atoms with Gasteiger partial charge in [-0.15, -0.1) is 5.10 Å². The van der Waals surface area contributed by atoms with Gasteiger partial charge in [-0.3, -0.25) is 4.68 Å². The Balaban J connectivity index is 1.79. The molecule has 7 heteroatoms. The molecule has 0 aromatic carbocycles. The van der Waals surface area contributed by atoms with Gasteiger partial charge in [0.2, 0.25) is 0 Å². The Bertz CT molecular complexity index is 384. The maximum absolute atomic E-state index is 10.6. The van der Waals surface area contributed by atoms with E-state index in [4.69, 9.17) is 10.8 Å². The van der Waals surface area contributed by atoms with Crippen molar-refractivity contribution >= 4 is 5.97 Å². The summed E-state index contributed by atoms with van der Waals surface area (Å²) in [4.78, 5) is 12.9. The van der Waals surface area contributed by atoms with Crippen LogP contribution in [0.5, 0.6) is 0 Å². The summed E-state index contributed by atoms with van der Waals surface area (Å²) in [6.07, 6.45) is 3.51. The van der Waals surface area contributed by atoms with E-state index in [0.717, 1.165) is 32.5 Å². The van der Waals surface area contributed by atoms with E-state index in [0.29, 0.717) is 12.6 Å². The molecular weight excluding hydrogens is 222 g/mol. The van der Waals surface area contributed by atoms with Crippen LogP contribution in [0.2, 0.25) is 0 Å². The number of aromatic carboxylic acids is 1. The molecule has 0 radical (unpaired) electrons. The van der Waals surface area contributed by atoms with Gasteiger partial charge in [0.05, 0.1) is 12.7 Å². The number of carboxylic acids is 1. The van der Waals surface area contributed by atoms with E-state index in [-0.39, 0.29) is 5.69 Å². The van der Waals surface area contributed by atoms with Gasteiger partial charge in [-0.25, -0.2) is 4.79 Å². The van der Waals surface area contributed by atoms with Crippen LogP contribution in [-0.2, 0) is 6.54 Å². The molecule has 1 aromatic heterocycles. The molecule has 17 heavy (non-hydrogen) atoms. The molecule has 0 spiro atoms. The minimum absolute atomic E-state index is 0.00864. The summed E-state index contributed by atoms with van der Waals surface area (Å²) in [5, 5.41) is 16.0. The quantitative estimate of drug-likeness (QED) is 0.728. The van der Waals surface area contributed by atoms with Gasteiger partial charge in [-0.05, 0) is 25.9 Å². The number of hydrogen-bond donors (Lipinski definition) is 2. The fourth-order valence-electron chi connectivity index (χ4n) is 1.93. The number of nitrogens with zero attached hydrogens (tertiary/aromatic N) is 4. The zero-order valence-electron chi connectivity index (χ0n) is 9.62. The Morgan fingerprint density at radius 2 is 2.18 bits per heavy atom. The Morgan fingerprint density at radius 1 is 1.47 bits per heavy atom. The van der Waals surface area contributed by atoms with E-state index in [2.05, 4.69) is 15.2 Å². The molecule has 2 heterocycles. The van der Waals surface area contributed by atoms with Crippen LogP contribution >= 0.6 is 0 Å². The molecule has 0 saturated carbocycles. The molecule has 1 aromatic rings. The van der Waals surface area contributed by atoms with Crippen molar-refractivity contribution in [2.75, 3.05) is 19.6 Å². The van der Waals surface area contributed by atoms with Crippen molar-refractivity contribution in [3.63, 3.8) is 0 Å². The summed E-state index contributed by atoms with van der Waals surface area (Å²) in [5.74, 6) is -1.04. The largest absolute Gasteiger partial charge is 0.476 e. The van der Waals surface area contributed by atoms with Crippen molar-refractivity contribution in [2.45, 2.75) is 25.4 Å². The van der Waals surface area contributed by atoms with Crippen LogP contribution < -0.4 is 5.73 Å². The van der Waals surface area contributed by atoms with Gasteiger partial charge in [0.25, 0.3) is 0 Å². The summed E-state index contributed by atoms with van der Waals surface area (Å²) >= 11 is 0. The fraction of sp³-hybridized carbons (Fsp3) is 0.700. The lowest BCUT2D eigenvalue weighted by atomic mass is 10.1. The lowest BCUT2D eigenvalue weighted by molar-refractivity contribution is 0.0690. The average Bonchev–Trinajstić information content (AvgIpc) is 2.77. The molecule has 0 amide bonds. The van der Waals surface area contributed by atoms with Crippen LogP contribution in [0, 0.1) is 0 Å². The highest BCUT2D eigenvalue weighted by Gasteiger charge is 2.16. The molecule has 1 fully saturated rings. The summed E-state index contributed by atoms with van der Waals surface area (Å²) in [7, 11) is 0. The highest BCUT2D eigenvalue weighted by Crippen LogP contribution is 2.07. The van der Waals surface area contributed by atoms with E-state index in [1.165, 1.54) is 6.20 Å². The second-order valence-corrected chi connectivity index (χ2v) is 4.35. The Morgan fingerprint density at radius 3 is 2.76 bits per heavy atom. The van der Waals surface area contributed by atoms with Crippen LogP contribution in [0.3, 0.4) is 0 Å². The molecule has 1 aliphatic heterocycles. The Hall–Kier alpha value is -1.47. The molecule has 1 aliphatic rings. The second kappa shape index (κ2) is 5.24. The smallest absolute Gasteiger partial charge is 0.358 e. The Labute approximate surface area is 99.2 Å². The van der Waals surface area contributed by atoms with Gasteiger partial charge in [0.15, 0.2) is 5.69 Å². The molecule has 0 aliphatic carbocycles. The number of carboxylic acid groups (broad SMARTS) is 1. The monoisotopic (exact) mass is 239 g/mol. The van der Waals surface area contributed by atoms with E-state index in [9.17, 15) is 4.79 Å². The third-order valence-corrected chi connectivity index (χ3v) is 3.04. The lowest BCUT2D eigenvalue weighted by Crippen LogP contribution is -2.40. The van der Waals surface area contributed by atoms with E-state index < -0.39 is 5.97 Å². The lowest BCUT2D eigenvalue weighted by Gasteiger charge is -2.29. The van der Waals surface area contributed by atoms with Crippen molar-refractivity contribution in [3.8, 4) is 0 Å². The van der Waals surface area contributed by atoms with Gasteiger partial charge >= 0.3 is 5.97 Å². The first kappa shape index (κ1) is 12.0. The standard InChI is InChI=1S/C10H17N5O2/c11-8-1-3-14(4-2-8)5-6-15-7-9(10(16)17)12-13-15/h7-8H,1-6,11H2,(H,16,17). The van der Waals surface area contributed by atoms with E-state index in [1.54, 1.807) is 4.68 Å². The topological polar surface area (TPSA) is 97.3 Å². The molecule has 1 saturated heterocycles. The fourth-order valence-corrected chi connectivity index (χ4v) is 1.93. The predicted molar refractivity (Wildman–Crippen MR) is 60.6 cm³/mol. The molecule has 94 valence electrons. The maximum Gasteiger partial charge on any atom is 0.358 e. The third-order valence-electron chi connectivity index (χ3n) is 3.04. The van der Waals surface area contributed by atoms with Crippen LogP contribution in [0.15, 0.2) is 6.20 Å². The number of rotatable bonds is 4. The molecular formula is C10H17N5O2. The normalized spacial score (nSPS) is 18.4. The number of carbonyl (C=O) groups is 1. The van der Waals surface area contributed by atoms with Crippen molar-refractivity contribution in [2.24, 2.45) is 5.73 Å². The van der Waals surface area contributed by atoms with Crippen LogP contribution in [0.1, 0.15) is 23.3 Å². The van der Waals surface area contributed by atoms with Crippen LogP contribution in [-0.4, -0.2) is 56.6 Å². The second-order valence-electron chi connectivity index (χ2n) is 4.35. The molecule has 0 atom stereocenters. The molecule has 0 bridgehead atoms. The number of piperidine rings is 1. The van der Waals surface area contributed by atoms with Crippen molar-refractivity contribution < 1.29 is 9.90 Å². The SMILES string of the molecule is NC1CCN(CCn2cc(C(=O)O)nn2)CC1. The number of hydrogen-bond acceptors (Lipinski definition) is 5. The van der Waals surface area contributed by atoms with Crippen molar-refractivity contribution in [3.05, 3.63) is 11.9 Å². The first-order chi connectivity index (χ1) is 8.15. The van der Waals surface area contributed by atoms with Crippen molar-refractivity contribution in [1.82, 2.24) is 19.9 Å². The van der Waals surface area contributed by atoms with Gasteiger partial charge in [0, 0.05) is 12.6 Å². The number of aromatic nitrogens is 3. The Kier molecular flexibility index (Phi) is 3.70. The van der Waals surface area contributed by atoms with Crippen LogP contribution in [0.25, 0.3) is 0 Å². The third kappa shape index (κ3) is 3.24. The molecule has 2 rings (SSSR count). The number of likely N-dealkylation sites (tertiary alicyclic amines) is 1. The minimum atomic E-state index is -1.04. The zero-order chi connectivity index (χ0) is 12.3. The number of nitrogens with two attached hydrogens (primary N) is 1. The summed E-state index contributed by atoms with van der Waals surface area (Å²) < 4.78 is 1.57. The van der Waals surface area contributed by atoms with Crippen LogP contribution in [0.4, 0.5) is 0 Å². The molecule has 7 nitrogen and oxygen atoms in total. The summed E-state index contributed by atoms with van der Waals surface area (Å²) in [6.45, 7) is 3.52. The predicted octanol–water partition coefficient (Wildman–Crippen LogP) is -0.601. The van der Waals surface area contributed by atoms with Gasteiger partial charge in [0.1, 0.15) is 0 Å². The first-order valence-corrected chi connectivity index (χ1v) is 5.76. The van der Waals surface area contributed by atoms with Gasteiger partial charge in [-0.1, -0.05) is 5.21 Å². The maximum atomic E-state index is 10.6. The van der Waals surface area contributed by atoms with E-state index >= 15 is 0 Å². The van der Waals surface area contributed by atoms with E-state index in [1.807, 2.05) is 0 Å². The minimum Gasteiger partial charge on any atom is -0.476 e. The summed E-state index contributed by atoms with van der Waals surface area (Å²) in [6, 6.07) is 0.330. The summed E-state index contributed by atoms with van der Waals surface area (Å²) in [5.41, 5.74) is 5.81. The van der Waals surface area contributed by atoms with Gasteiger partial charge in [-0.2, -0.15) is 0 Å². The first-order valence-electron chi connectivity index (χ1n) is 5.76. The highest BCUT2D eigenvalue weighted by molar-refractivity contribution is 5.84. The highest BCUT2D eigenvalue weighted by atomic mass is 16.4. The molecule has 3 N–H and O–H groups in total. The van der Waals surface area contributed by atoms with Gasteiger partial charge < -0.3 is 15.7 Å². The molecule has 0 unspecified atom stereocenters. The van der Waals surface area contributed by atoms with Crippen molar-refractivity contribution in [1.29, 1.82) is 0 Å². The zero-order valence-corrected chi connectivity index (χ0v) is 9.62.